The van der Waals surface area contributed by atoms with Gasteiger partial charge in [0.1, 0.15) is 5.54 Å². The summed E-state index contributed by atoms with van der Waals surface area (Å²) in [6.07, 6.45) is 4.29. The Bertz CT molecular complexity index is 449. The molecule has 1 aromatic rings. The van der Waals surface area contributed by atoms with Crippen molar-refractivity contribution in [1.29, 1.82) is 0 Å². The molecule has 2 aliphatic rings. The number of likely N-dealkylation sites (N-methyl/N-ethyl adjacent to an activating group) is 1. The number of para-hydroxylation sites is 2. The summed E-state index contributed by atoms with van der Waals surface area (Å²) in [7, 11) is 0. The number of amides is 1. The van der Waals surface area contributed by atoms with E-state index in [1.54, 1.807) is 0 Å². The third-order valence-electron chi connectivity index (χ3n) is 4.13. The summed E-state index contributed by atoms with van der Waals surface area (Å²) in [5.74, 6) is 0.190. The molecule has 0 unspecified atom stereocenters. The van der Waals surface area contributed by atoms with Crippen LogP contribution in [0.4, 0.5) is 11.4 Å². The molecule has 3 nitrogen and oxygen atoms in total. The molecule has 1 saturated carbocycles. The molecule has 1 aliphatic heterocycles. The van der Waals surface area contributed by atoms with Gasteiger partial charge in [-0.15, -0.1) is 0 Å². The zero-order valence-corrected chi connectivity index (χ0v) is 10.2. The van der Waals surface area contributed by atoms with Crippen LogP contribution in [0, 0.1) is 0 Å². The molecule has 0 atom stereocenters. The second-order valence-electron chi connectivity index (χ2n) is 4.95. The minimum absolute atomic E-state index is 0.190. The third-order valence-corrected chi connectivity index (χ3v) is 4.13. The van der Waals surface area contributed by atoms with Gasteiger partial charge in [-0.05, 0) is 31.9 Å². The maximum absolute atomic E-state index is 12.4. The van der Waals surface area contributed by atoms with E-state index in [1.807, 2.05) is 18.2 Å². The van der Waals surface area contributed by atoms with Gasteiger partial charge >= 0.3 is 0 Å². The summed E-state index contributed by atoms with van der Waals surface area (Å²) in [6.45, 7) is 3.03. The number of fused-ring (bicyclic) bond motifs is 1. The molecular formula is C14H18N2O. The summed E-state index contributed by atoms with van der Waals surface area (Å²) < 4.78 is 0. The molecule has 0 radical (unpaired) electrons. The van der Waals surface area contributed by atoms with E-state index in [9.17, 15) is 4.79 Å². The van der Waals surface area contributed by atoms with E-state index in [0.717, 1.165) is 37.9 Å². The molecule has 1 spiro atoms. The van der Waals surface area contributed by atoms with Crippen LogP contribution in [0.5, 0.6) is 0 Å². The van der Waals surface area contributed by atoms with Crippen LogP contribution in [0.15, 0.2) is 24.3 Å². The van der Waals surface area contributed by atoms with E-state index < -0.39 is 0 Å². The average molecular weight is 230 g/mol. The van der Waals surface area contributed by atoms with E-state index >= 15 is 0 Å². The van der Waals surface area contributed by atoms with Crippen LogP contribution in [0.25, 0.3) is 0 Å². The number of hydrogen-bond donors (Lipinski definition) is 1. The first-order valence-electron chi connectivity index (χ1n) is 6.46. The molecular weight excluding hydrogens is 212 g/mol. The van der Waals surface area contributed by atoms with Crippen molar-refractivity contribution in [1.82, 2.24) is 0 Å². The summed E-state index contributed by atoms with van der Waals surface area (Å²) in [6, 6.07) is 8.11. The number of nitrogens with zero attached hydrogens (tertiary/aromatic N) is 1. The second-order valence-corrected chi connectivity index (χ2v) is 4.95. The van der Waals surface area contributed by atoms with Gasteiger partial charge in [0.05, 0.1) is 11.4 Å². The molecule has 1 fully saturated rings. The lowest BCUT2D eigenvalue weighted by atomic mass is 9.90. The largest absolute Gasteiger partial charge is 0.356 e. The zero-order chi connectivity index (χ0) is 11.9. The predicted octanol–water partition coefficient (Wildman–Crippen LogP) is 2.78. The van der Waals surface area contributed by atoms with Gasteiger partial charge in [-0.1, -0.05) is 25.0 Å². The SMILES string of the molecule is CCN1c2ccccc2NC(=O)C12CCCC2. The first-order valence-corrected chi connectivity index (χ1v) is 6.46. The Labute approximate surface area is 102 Å². The molecule has 17 heavy (non-hydrogen) atoms. The molecule has 3 heteroatoms. The van der Waals surface area contributed by atoms with Crippen LogP contribution in [0.2, 0.25) is 0 Å². The molecule has 90 valence electrons. The number of anilines is 2. The van der Waals surface area contributed by atoms with Crippen molar-refractivity contribution in [2.45, 2.75) is 38.1 Å². The maximum atomic E-state index is 12.4. The summed E-state index contributed by atoms with van der Waals surface area (Å²) in [5, 5.41) is 3.08. The maximum Gasteiger partial charge on any atom is 0.250 e. The monoisotopic (exact) mass is 230 g/mol. The Hall–Kier alpha value is -1.51. The van der Waals surface area contributed by atoms with Crippen molar-refractivity contribution in [3.8, 4) is 0 Å². The molecule has 0 bridgehead atoms. The fourth-order valence-corrected chi connectivity index (χ4v) is 3.34. The lowest BCUT2D eigenvalue weighted by Gasteiger charge is -2.45. The van der Waals surface area contributed by atoms with Crippen LogP contribution in [-0.2, 0) is 4.79 Å². The summed E-state index contributed by atoms with van der Waals surface area (Å²) in [5.41, 5.74) is 1.86. The topological polar surface area (TPSA) is 32.3 Å². The van der Waals surface area contributed by atoms with Crippen LogP contribution >= 0.6 is 0 Å². The fraction of sp³-hybridized carbons (Fsp3) is 0.500. The predicted molar refractivity (Wildman–Crippen MR) is 69.3 cm³/mol. The van der Waals surface area contributed by atoms with E-state index in [4.69, 9.17) is 0 Å². The highest BCUT2D eigenvalue weighted by molar-refractivity contribution is 6.06. The van der Waals surface area contributed by atoms with Gasteiger partial charge in [0, 0.05) is 6.54 Å². The van der Waals surface area contributed by atoms with Crippen molar-refractivity contribution in [3.63, 3.8) is 0 Å². The zero-order valence-electron chi connectivity index (χ0n) is 10.2. The molecule has 0 saturated heterocycles. The number of carbonyl (C=O) groups is 1. The first-order chi connectivity index (χ1) is 8.28. The van der Waals surface area contributed by atoms with Gasteiger partial charge < -0.3 is 10.2 Å². The number of hydrogen-bond acceptors (Lipinski definition) is 2. The lowest BCUT2D eigenvalue weighted by molar-refractivity contribution is -0.121. The van der Waals surface area contributed by atoms with Gasteiger partial charge in [0.25, 0.3) is 0 Å². The van der Waals surface area contributed by atoms with Crippen LogP contribution < -0.4 is 10.2 Å². The van der Waals surface area contributed by atoms with Crippen molar-refractivity contribution < 1.29 is 4.79 Å². The highest BCUT2D eigenvalue weighted by atomic mass is 16.2. The van der Waals surface area contributed by atoms with E-state index in [2.05, 4.69) is 23.2 Å². The molecule has 1 amide bonds. The number of rotatable bonds is 1. The van der Waals surface area contributed by atoms with Crippen molar-refractivity contribution in [2.24, 2.45) is 0 Å². The van der Waals surface area contributed by atoms with Crippen molar-refractivity contribution >= 4 is 17.3 Å². The molecule has 1 aliphatic carbocycles. The Kier molecular flexibility index (Phi) is 2.35. The quantitative estimate of drug-likeness (QED) is 0.804. The number of benzene rings is 1. The minimum Gasteiger partial charge on any atom is -0.356 e. The Morgan fingerprint density at radius 3 is 2.71 bits per heavy atom. The van der Waals surface area contributed by atoms with Crippen LogP contribution in [0.3, 0.4) is 0 Å². The normalized spacial score (nSPS) is 21.5. The number of carbonyl (C=O) groups excluding carboxylic acids is 1. The Morgan fingerprint density at radius 1 is 1.29 bits per heavy atom. The minimum atomic E-state index is -0.275. The Morgan fingerprint density at radius 2 is 2.00 bits per heavy atom. The first kappa shape index (κ1) is 10.6. The summed E-state index contributed by atoms with van der Waals surface area (Å²) >= 11 is 0. The highest BCUT2D eigenvalue weighted by Gasteiger charge is 2.48. The van der Waals surface area contributed by atoms with Crippen LogP contribution in [-0.4, -0.2) is 18.0 Å². The van der Waals surface area contributed by atoms with Crippen molar-refractivity contribution in [3.05, 3.63) is 24.3 Å². The second kappa shape index (κ2) is 3.76. The smallest absolute Gasteiger partial charge is 0.250 e. The molecule has 1 heterocycles. The fourth-order valence-electron chi connectivity index (χ4n) is 3.34. The van der Waals surface area contributed by atoms with Gasteiger partial charge in [0.2, 0.25) is 5.91 Å². The average Bonchev–Trinajstić information content (AvgIpc) is 2.81. The number of nitrogens with one attached hydrogen (secondary N) is 1. The molecule has 0 aromatic heterocycles. The van der Waals surface area contributed by atoms with Gasteiger partial charge in [0.15, 0.2) is 0 Å². The molecule has 1 aromatic carbocycles. The third kappa shape index (κ3) is 1.38. The lowest BCUT2D eigenvalue weighted by Crippen LogP contribution is -2.58. The van der Waals surface area contributed by atoms with E-state index in [1.165, 1.54) is 5.69 Å². The van der Waals surface area contributed by atoms with Gasteiger partial charge in [-0.25, -0.2) is 0 Å². The van der Waals surface area contributed by atoms with E-state index in [0.29, 0.717) is 0 Å². The highest BCUT2D eigenvalue weighted by Crippen LogP contribution is 2.44. The van der Waals surface area contributed by atoms with Crippen molar-refractivity contribution in [2.75, 3.05) is 16.8 Å². The van der Waals surface area contributed by atoms with E-state index in [-0.39, 0.29) is 11.4 Å². The summed E-state index contributed by atoms with van der Waals surface area (Å²) in [4.78, 5) is 14.7. The van der Waals surface area contributed by atoms with Gasteiger partial charge in [-0.2, -0.15) is 0 Å². The molecule has 3 rings (SSSR count). The Balaban J connectivity index is 2.12. The standard InChI is InChI=1S/C14H18N2O/c1-2-16-12-8-4-3-7-11(12)15-13(17)14(16)9-5-6-10-14/h3-4,7-8H,2,5-6,9-10H2,1H3,(H,15,17). The molecule has 1 N–H and O–H groups in total. The van der Waals surface area contributed by atoms with Gasteiger partial charge in [-0.3, -0.25) is 4.79 Å². The van der Waals surface area contributed by atoms with Crippen LogP contribution in [0.1, 0.15) is 32.6 Å².